The highest BCUT2D eigenvalue weighted by Gasteiger charge is 2.19. The maximum Gasteiger partial charge on any atom is 0.210 e. The molecular formula is C13H18N+. The number of aromatic nitrogens is 1. The number of pyridine rings is 1. The Morgan fingerprint density at radius 3 is 2.57 bits per heavy atom. The van der Waals surface area contributed by atoms with Crippen molar-refractivity contribution in [3.05, 3.63) is 35.2 Å². The Hall–Kier alpha value is -1.11. The molecule has 0 bridgehead atoms. The van der Waals surface area contributed by atoms with Crippen molar-refractivity contribution in [2.45, 2.75) is 33.1 Å². The van der Waals surface area contributed by atoms with Gasteiger partial charge in [-0.15, -0.1) is 0 Å². The van der Waals surface area contributed by atoms with Gasteiger partial charge < -0.3 is 0 Å². The Bertz CT molecular complexity index is 362. The van der Waals surface area contributed by atoms with Crippen LogP contribution in [0.2, 0.25) is 0 Å². The third kappa shape index (κ3) is 1.47. The maximum atomic E-state index is 2.26. The summed E-state index contributed by atoms with van der Waals surface area (Å²) >= 11 is 0. The second kappa shape index (κ2) is 3.56. The van der Waals surface area contributed by atoms with Gasteiger partial charge in [-0.3, -0.25) is 0 Å². The molecule has 2 rings (SSSR count). The molecule has 1 nitrogen and oxygen atoms in total. The van der Waals surface area contributed by atoms with Crippen LogP contribution in [0.1, 0.15) is 37.4 Å². The van der Waals surface area contributed by atoms with Crippen LogP contribution in [0.15, 0.2) is 23.9 Å². The first-order valence-electron chi connectivity index (χ1n) is 5.34. The molecule has 0 aromatic carbocycles. The lowest BCUT2D eigenvalue weighted by Gasteiger charge is -2.19. The summed E-state index contributed by atoms with van der Waals surface area (Å²) in [7, 11) is 2.13. The van der Waals surface area contributed by atoms with Crippen molar-refractivity contribution in [2.75, 3.05) is 0 Å². The van der Waals surface area contributed by atoms with E-state index in [2.05, 4.69) is 43.8 Å². The Kier molecular flexibility index (Phi) is 2.40. The molecule has 0 spiro atoms. The molecule has 1 heteroatoms. The van der Waals surface area contributed by atoms with Crippen LogP contribution in [0.25, 0.3) is 5.57 Å². The summed E-state index contributed by atoms with van der Waals surface area (Å²) in [5.41, 5.74) is 5.93. The van der Waals surface area contributed by atoms with Crippen LogP contribution >= 0.6 is 0 Å². The van der Waals surface area contributed by atoms with E-state index in [1.807, 2.05) is 0 Å². The fourth-order valence-electron chi connectivity index (χ4n) is 2.20. The number of hydrogen-bond donors (Lipinski definition) is 0. The molecule has 1 aromatic rings. The van der Waals surface area contributed by atoms with E-state index < -0.39 is 0 Å². The fourth-order valence-corrected chi connectivity index (χ4v) is 2.20. The molecule has 0 radical (unpaired) electrons. The van der Waals surface area contributed by atoms with Gasteiger partial charge in [-0.05, 0) is 39.2 Å². The summed E-state index contributed by atoms with van der Waals surface area (Å²) < 4.78 is 2.23. The standard InChI is InChI=1S/C13H18N/c1-10-6-5-9-14(3)13(10)11(2)12-7-4-8-12/h5-6,9H,4,7-8H2,1-3H3/q+1. The highest BCUT2D eigenvalue weighted by Crippen LogP contribution is 2.32. The first-order chi connectivity index (χ1) is 6.70. The van der Waals surface area contributed by atoms with Crippen LogP contribution in [0.3, 0.4) is 0 Å². The first kappa shape index (κ1) is 9.45. The Balaban J connectivity index is 2.50. The highest BCUT2D eigenvalue weighted by molar-refractivity contribution is 5.65. The number of hydrogen-bond acceptors (Lipinski definition) is 0. The third-order valence-corrected chi connectivity index (χ3v) is 3.22. The van der Waals surface area contributed by atoms with Gasteiger partial charge in [-0.1, -0.05) is 5.57 Å². The number of allylic oxidation sites excluding steroid dienone is 2. The van der Waals surface area contributed by atoms with Gasteiger partial charge in [0.1, 0.15) is 7.05 Å². The molecule has 1 fully saturated rings. The van der Waals surface area contributed by atoms with Crippen molar-refractivity contribution in [1.82, 2.24) is 0 Å². The zero-order chi connectivity index (χ0) is 10.1. The van der Waals surface area contributed by atoms with Crippen LogP contribution in [0, 0.1) is 6.92 Å². The normalized spacial score (nSPS) is 15.2. The topological polar surface area (TPSA) is 3.88 Å². The lowest BCUT2D eigenvalue weighted by atomic mass is 9.86. The highest BCUT2D eigenvalue weighted by atomic mass is 14.9. The number of aryl methyl sites for hydroxylation is 2. The summed E-state index contributed by atoms with van der Waals surface area (Å²) in [6, 6.07) is 4.30. The van der Waals surface area contributed by atoms with Gasteiger partial charge in [0.15, 0.2) is 6.20 Å². The second-order valence-corrected chi connectivity index (χ2v) is 4.23. The fraction of sp³-hybridized carbons (Fsp3) is 0.462. The molecule has 0 saturated heterocycles. The summed E-state index contributed by atoms with van der Waals surface area (Å²) in [4.78, 5) is 0. The van der Waals surface area contributed by atoms with Gasteiger partial charge in [0, 0.05) is 17.2 Å². The Labute approximate surface area is 86.1 Å². The van der Waals surface area contributed by atoms with Gasteiger partial charge in [0.25, 0.3) is 0 Å². The van der Waals surface area contributed by atoms with Gasteiger partial charge in [0.2, 0.25) is 5.69 Å². The SMILES string of the molecule is CC(=C1CCC1)c1c(C)ccc[n+]1C. The average molecular weight is 188 g/mol. The van der Waals surface area contributed by atoms with Gasteiger partial charge in [-0.2, -0.15) is 0 Å². The molecule has 0 unspecified atom stereocenters. The lowest BCUT2D eigenvalue weighted by molar-refractivity contribution is -0.674. The third-order valence-electron chi connectivity index (χ3n) is 3.22. The van der Waals surface area contributed by atoms with E-state index in [4.69, 9.17) is 0 Å². The Morgan fingerprint density at radius 2 is 2.07 bits per heavy atom. The molecule has 1 aliphatic carbocycles. The smallest absolute Gasteiger partial charge is 0.201 e. The lowest BCUT2D eigenvalue weighted by Crippen LogP contribution is -2.33. The van der Waals surface area contributed by atoms with Crippen LogP contribution in [-0.4, -0.2) is 0 Å². The van der Waals surface area contributed by atoms with E-state index in [9.17, 15) is 0 Å². The van der Waals surface area contributed by atoms with Crippen molar-refractivity contribution < 1.29 is 4.57 Å². The van der Waals surface area contributed by atoms with E-state index >= 15 is 0 Å². The van der Waals surface area contributed by atoms with Crippen LogP contribution < -0.4 is 4.57 Å². The summed E-state index contributed by atoms with van der Waals surface area (Å²) in [6.07, 6.45) is 6.12. The predicted octanol–water partition coefficient (Wildman–Crippen LogP) is 2.78. The van der Waals surface area contributed by atoms with Crippen LogP contribution in [-0.2, 0) is 7.05 Å². The minimum atomic E-state index is 1.31. The minimum Gasteiger partial charge on any atom is -0.201 e. The summed E-state index contributed by atoms with van der Waals surface area (Å²) in [5.74, 6) is 0. The minimum absolute atomic E-state index is 1.31. The quantitative estimate of drug-likeness (QED) is 0.597. The number of rotatable bonds is 1. The van der Waals surface area contributed by atoms with Crippen molar-refractivity contribution in [2.24, 2.45) is 7.05 Å². The molecule has 1 aliphatic rings. The van der Waals surface area contributed by atoms with Crippen LogP contribution in [0.4, 0.5) is 0 Å². The molecule has 1 aromatic heterocycles. The molecular weight excluding hydrogens is 170 g/mol. The molecule has 1 heterocycles. The Morgan fingerprint density at radius 1 is 1.36 bits per heavy atom. The van der Waals surface area contributed by atoms with Crippen molar-refractivity contribution >= 4 is 5.57 Å². The molecule has 0 amide bonds. The van der Waals surface area contributed by atoms with E-state index in [-0.39, 0.29) is 0 Å². The first-order valence-corrected chi connectivity index (χ1v) is 5.34. The molecule has 0 atom stereocenters. The van der Waals surface area contributed by atoms with Crippen LogP contribution in [0.5, 0.6) is 0 Å². The average Bonchev–Trinajstić information content (AvgIpc) is 2.00. The van der Waals surface area contributed by atoms with Crippen molar-refractivity contribution in [3.63, 3.8) is 0 Å². The van der Waals surface area contributed by atoms with Crippen molar-refractivity contribution in [1.29, 1.82) is 0 Å². The monoisotopic (exact) mass is 188 g/mol. The number of nitrogens with zero attached hydrogens (tertiary/aromatic N) is 1. The zero-order valence-electron chi connectivity index (χ0n) is 9.30. The molecule has 1 saturated carbocycles. The molecule has 0 aliphatic heterocycles. The van der Waals surface area contributed by atoms with Gasteiger partial charge in [-0.25, -0.2) is 4.57 Å². The zero-order valence-corrected chi connectivity index (χ0v) is 9.30. The van der Waals surface area contributed by atoms with Crippen molar-refractivity contribution in [3.8, 4) is 0 Å². The summed E-state index contributed by atoms with van der Waals surface area (Å²) in [6.45, 7) is 4.45. The van der Waals surface area contributed by atoms with Gasteiger partial charge >= 0.3 is 0 Å². The largest absolute Gasteiger partial charge is 0.210 e. The predicted molar refractivity (Wildman–Crippen MR) is 58.8 cm³/mol. The van der Waals surface area contributed by atoms with E-state index in [1.165, 1.54) is 36.1 Å². The van der Waals surface area contributed by atoms with Gasteiger partial charge in [0.05, 0.1) is 0 Å². The maximum absolute atomic E-state index is 2.26. The summed E-state index contributed by atoms with van der Waals surface area (Å²) in [5, 5.41) is 0. The molecule has 74 valence electrons. The second-order valence-electron chi connectivity index (χ2n) is 4.23. The van der Waals surface area contributed by atoms with E-state index in [0.717, 1.165) is 0 Å². The molecule has 0 N–H and O–H groups in total. The molecule has 14 heavy (non-hydrogen) atoms. The van der Waals surface area contributed by atoms with E-state index in [1.54, 1.807) is 5.57 Å². The van der Waals surface area contributed by atoms with E-state index in [0.29, 0.717) is 0 Å².